The molecule has 1 aliphatic heterocycles. The van der Waals surface area contributed by atoms with Gasteiger partial charge in [0.15, 0.2) is 6.10 Å². The summed E-state index contributed by atoms with van der Waals surface area (Å²) in [5.74, 6) is -5.47. The van der Waals surface area contributed by atoms with E-state index in [1.807, 2.05) is 6.92 Å². The highest BCUT2D eigenvalue weighted by molar-refractivity contribution is 7.47. The summed E-state index contributed by atoms with van der Waals surface area (Å²) in [5.41, 5.74) is 0. The normalized spacial score (nSPS) is 30.6. The molecule has 2 aliphatic rings. The van der Waals surface area contributed by atoms with Crippen molar-refractivity contribution in [3.05, 3.63) is 12.2 Å². The van der Waals surface area contributed by atoms with Crippen molar-refractivity contribution >= 4 is 33.4 Å². The number of hydrogen-bond donors (Lipinski definition) is 9. The van der Waals surface area contributed by atoms with Gasteiger partial charge in [-0.05, 0) is 25.7 Å². The standard InChI is InChI=1S/C47H86O19P2/c1-3-5-7-8-9-10-11-12-13-14-15-16-17-18-24-28-41(52)64-35-32-62-40(51)27-23-20-19-22-26-36-38(49)31-39(50)37(30-29-34(48)25-21-6-4-2)43(54)46(65-67(57,58)59)47(45(56)44(55)42(36)53)66-68(60,61)63-33-35/h29-30,34-37,39,42-48,50,53-56H,3-28,31-33H2,1-2H3,(H,60,61)(H2,57,58,59)/b30-29+/t34-,35+,36-,37-,39+,42+,43+,44-,45+,46+,47-/m0/s1. The summed E-state index contributed by atoms with van der Waals surface area (Å²) in [6.45, 7) is 2.59. The number of unbranched alkanes of at least 4 members (excludes halogenated alkanes) is 16. The first-order chi connectivity index (χ1) is 32.3. The second-order valence-corrected chi connectivity index (χ2v) is 21.3. The monoisotopic (exact) mass is 1020 g/mol. The van der Waals surface area contributed by atoms with Crippen LogP contribution in [0.15, 0.2) is 12.2 Å². The molecule has 2 fully saturated rings. The van der Waals surface area contributed by atoms with Crippen molar-refractivity contribution in [1.29, 1.82) is 0 Å². The Morgan fingerprint density at radius 1 is 0.765 bits per heavy atom. The Bertz CT molecular complexity index is 1530. The Kier molecular flexibility index (Phi) is 31.8. The van der Waals surface area contributed by atoms with E-state index in [4.69, 9.17) is 23.0 Å². The molecule has 0 aromatic rings. The Morgan fingerprint density at radius 3 is 1.91 bits per heavy atom. The molecule has 2 rings (SSSR count). The van der Waals surface area contributed by atoms with Crippen LogP contribution < -0.4 is 0 Å². The van der Waals surface area contributed by atoms with Gasteiger partial charge in [0, 0.05) is 31.1 Å². The van der Waals surface area contributed by atoms with Gasteiger partial charge in [-0.1, -0.05) is 154 Å². The molecule has 1 heterocycles. The zero-order valence-electron chi connectivity index (χ0n) is 40.5. The average Bonchev–Trinajstić information content (AvgIpc) is 3.28. The van der Waals surface area contributed by atoms with E-state index in [1.165, 1.54) is 63.9 Å². The lowest BCUT2D eigenvalue weighted by Gasteiger charge is -2.38. The molecule has 0 amide bonds. The Balaban J connectivity index is 2.32. The largest absolute Gasteiger partial charge is 0.472 e. The molecular formula is C47H86O19P2. The van der Waals surface area contributed by atoms with E-state index in [1.54, 1.807) is 0 Å². The van der Waals surface area contributed by atoms with E-state index < -0.39 is 120 Å². The van der Waals surface area contributed by atoms with Gasteiger partial charge in [-0.2, -0.15) is 0 Å². The van der Waals surface area contributed by atoms with Crippen LogP contribution in [0.2, 0.25) is 0 Å². The molecule has 21 heteroatoms. The van der Waals surface area contributed by atoms with Gasteiger partial charge in [0.1, 0.15) is 36.8 Å². The molecule has 1 saturated carbocycles. The first kappa shape index (κ1) is 62.4. The minimum absolute atomic E-state index is 0.0233. The molecule has 68 heavy (non-hydrogen) atoms. The van der Waals surface area contributed by atoms with Crippen LogP contribution in [-0.4, -0.2) is 131 Å². The smallest absolute Gasteiger partial charge is 0.462 e. The lowest BCUT2D eigenvalue weighted by molar-refractivity contribution is -0.165. The maximum absolute atomic E-state index is 13.8. The number of aliphatic hydroxyl groups is 6. The van der Waals surface area contributed by atoms with Crippen molar-refractivity contribution in [3.63, 3.8) is 0 Å². The van der Waals surface area contributed by atoms with Crippen molar-refractivity contribution in [1.82, 2.24) is 0 Å². The van der Waals surface area contributed by atoms with Crippen molar-refractivity contribution < 1.29 is 91.9 Å². The molecule has 0 spiro atoms. The molecule has 398 valence electrons. The van der Waals surface area contributed by atoms with Gasteiger partial charge in [-0.25, -0.2) is 9.13 Å². The molecule has 9 N–H and O–H groups in total. The zero-order valence-corrected chi connectivity index (χ0v) is 42.3. The first-order valence-corrected chi connectivity index (χ1v) is 28.4. The predicted molar refractivity (Wildman–Crippen MR) is 252 cm³/mol. The molecule has 1 unspecified atom stereocenters. The van der Waals surface area contributed by atoms with Crippen LogP contribution in [0.3, 0.4) is 0 Å². The number of carbonyl (C=O) groups excluding carboxylic acids is 3. The highest BCUT2D eigenvalue weighted by Gasteiger charge is 2.51. The molecule has 0 aromatic heterocycles. The van der Waals surface area contributed by atoms with E-state index in [0.29, 0.717) is 32.1 Å². The Labute approximate surface area is 403 Å². The number of aliphatic hydroxyl groups excluding tert-OH is 6. The van der Waals surface area contributed by atoms with Gasteiger partial charge in [0.05, 0.1) is 31.0 Å². The van der Waals surface area contributed by atoms with E-state index in [9.17, 15) is 68.8 Å². The molecule has 2 bridgehead atoms. The van der Waals surface area contributed by atoms with E-state index in [2.05, 4.69) is 6.92 Å². The van der Waals surface area contributed by atoms with Crippen LogP contribution in [0.25, 0.3) is 0 Å². The first-order valence-electron chi connectivity index (χ1n) is 25.3. The summed E-state index contributed by atoms with van der Waals surface area (Å²) in [6, 6.07) is 0. The van der Waals surface area contributed by atoms with Gasteiger partial charge >= 0.3 is 27.6 Å². The summed E-state index contributed by atoms with van der Waals surface area (Å²) in [4.78, 5) is 70.6. The second-order valence-electron chi connectivity index (χ2n) is 18.7. The number of phosphoric ester groups is 2. The summed E-state index contributed by atoms with van der Waals surface area (Å²) in [7, 11) is -11.5. The third-order valence-electron chi connectivity index (χ3n) is 12.7. The minimum atomic E-state index is -5.77. The molecule has 1 saturated heterocycles. The van der Waals surface area contributed by atoms with Crippen molar-refractivity contribution in [3.8, 4) is 0 Å². The average molecular weight is 1020 g/mol. The van der Waals surface area contributed by atoms with Crippen LogP contribution in [0.5, 0.6) is 0 Å². The fraction of sp³-hybridized carbons (Fsp3) is 0.894. The number of ether oxygens (including phenoxy) is 2. The molecule has 0 aromatic carbocycles. The van der Waals surface area contributed by atoms with Crippen molar-refractivity contribution in [2.24, 2.45) is 11.8 Å². The summed E-state index contributed by atoms with van der Waals surface area (Å²) in [5, 5.41) is 68.3. The van der Waals surface area contributed by atoms with Crippen LogP contribution in [-0.2, 0) is 46.6 Å². The topological polar surface area (TPSA) is 314 Å². The molecule has 0 radical (unpaired) electrons. The van der Waals surface area contributed by atoms with Crippen molar-refractivity contribution in [2.75, 3.05) is 13.2 Å². The van der Waals surface area contributed by atoms with E-state index in [0.717, 1.165) is 51.0 Å². The van der Waals surface area contributed by atoms with Gasteiger partial charge in [-0.15, -0.1) is 0 Å². The second kappa shape index (κ2) is 34.7. The fourth-order valence-corrected chi connectivity index (χ4v) is 10.2. The Morgan fingerprint density at radius 2 is 1.32 bits per heavy atom. The lowest BCUT2D eigenvalue weighted by atomic mass is 9.83. The quantitative estimate of drug-likeness (QED) is 0.0203. The maximum atomic E-state index is 13.8. The third kappa shape index (κ3) is 26.1. The number of hydrogen-bond acceptors (Lipinski definition) is 16. The number of phosphoric acid groups is 2. The zero-order chi connectivity index (χ0) is 50.5. The van der Waals surface area contributed by atoms with Crippen LogP contribution in [0.4, 0.5) is 0 Å². The Hall–Kier alpha value is -1.67. The summed E-state index contributed by atoms with van der Waals surface area (Å²) in [6.07, 6.45) is 2.49. The number of rotatable bonds is 25. The van der Waals surface area contributed by atoms with Crippen LogP contribution in [0, 0.1) is 11.8 Å². The van der Waals surface area contributed by atoms with Gasteiger partial charge in [0.25, 0.3) is 0 Å². The fourth-order valence-electron chi connectivity index (χ4n) is 8.70. The van der Waals surface area contributed by atoms with Gasteiger partial charge in [0.2, 0.25) is 0 Å². The molecular weight excluding hydrogens is 930 g/mol. The van der Waals surface area contributed by atoms with Crippen LogP contribution >= 0.6 is 15.6 Å². The third-order valence-corrected chi connectivity index (χ3v) is 14.2. The van der Waals surface area contributed by atoms with E-state index >= 15 is 0 Å². The number of esters is 2. The van der Waals surface area contributed by atoms with Gasteiger partial charge < -0.3 is 54.8 Å². The highest BCUT2D eigenvalue weighted by Crippen LogP contribution is 2.49. The lowest BCUT2D eigenvalue weighted by Crippen LogP contribution is -2.56. The van der Waals surface area contributed by atoms with E-state index in [-0.39, 0.29) is 32.1 Å². The minimum Gasteiger partial charge on any atom is -0.462 e. The number of fused-ring (bicyclic) bond motifs is 4. The molecule has 1 aliphatic carbocycles. The number of cyclic esters (lactones) is 1. The maximum Gasteiger partial charge on any atom is 0.472 e. The van der Waals surface area contributed by atoms with Gasteiger partial charge in [-0.3, -0.25) is 28.0 Å². The van der Waals surface area contributed by atoms with Crippen molar-refractivity contribution in [2.45, 2.75) is 242 Å². The predicted octanol–water partition coefficient (Wildman–Crippen LogP) is 6.54. The summed E-state index contributed by atoms with van der Waals surface area (Å²) < 4.78 is 52.3. The SMILES string of the molecule is CCCCCCCCCCCCCCCCCC(=O)O[C@@H]1COC(=O)CCCCCC[C@H]2C(=O)C[C@@H](O)[C@H](/C=C/[C@@H](O)CCCCC)[C@@H](O)[C@@H](OP(=O)(O)O)[C@@H](OP(=O)(O)OC1)[C@H](O)[C@@H](O)[C@@H]2O. The number of ketones is 1. The number of carbonyl (C=O) groups is 3. The summed E-state index contributed by atoms with van der Waals surface area (Å²) >= 11 is 0. The number of Topliss-reactive ketones (excluding diaryl/α,β-unsaturated/α-hetero) is 1. The molecule has 12 atom stereocenters. The van der Waals surface area contributed by atoms with Crippen LogP contribution in [0.1, 0.15) is 187 Å². The highest BCUT2D eigenvalue weighted by atomic mass is 31.2. The molecule has 19 nitrogen and oxygen atoms in total.